The van der Waals surface area contributed by atoms with E-state index in [0.29, 0.717) is 6.04 Å². The molecule has 86 valence electrons. The number of benzene rings is 1. The lowest BCUT2D eigenvalue weighted by atomic mass is 10.1. The van der Waals surface area contributed by atoms with E-state index in [1.165, 1.54) is 4.90 Å². The molecule has 1 atom stereocenters. The average molecular weight is 234 g/mol. The second-order valence-corrected chi connectivity index (χ2v) is 5.39. The van der Waals surface area contributed by atoms with Gasteiger partial charge in [-0.2, -0.15) is 5.26 Å². The van der Waals surface area contributed by atoms with Crippen LogP contribution in [0.25, 0.3) is 0 Å². The molecule has 0 aliphatic rings. The summed E-state index contributed by atoms with van der Waals surface area (Å²) >= 11 is 1.71. The summed E-state index contributed by atoms with van der Waals surface area (Å²) in [5.74, 6) is 0.756. The third kappa shape index (κ3) is 4.26. The third-order valence-electron chi connectivity index (χ3n) is 2.12. The summed E-state index contributed by atoms with van der Waals surface area (Å²) in [4.78, 5) is 1.20. The van der Waals surface area contributed by atoms with E-state index in [-0.39, 0.29) is 0 Å². The first-order valence-electron chi connectivity index (χ1n) is 5.42. The molecule has 0 saturated carbocycles. The average Bonchev–Trinajstić information content (AvgIpc) is 2.27. The van der Waals surface area contributed by atoms with Crippen LogP contribution in [-0.2, 0) is 0 Å². The van der Waals surface area contributed by atoms with Gasteiger partial charge < -0.3 is 0 Å². The standard InChI is InChI=1S/C13H18N2S/c1-11(2)15-13(3,9-14)10-16-12-7-5-4-6-8-12/h4-8,11,15H,10H2,1-3H3. The van der Waals surface area contributed by atoms with Gasteiger partial charge in [0.05, 0.1) is 6.07 Å². The van der Waals surface area contributed by atoms with Crippen molar-refractivity contribution in [2.75, 3.05) is 5.75 Å². The van der Waals surface area contributed by atoms with Gasteiger partial charge in [-0.05, 0) is 32.9 Å². The predicted octanol–water partition coefficient (Wildman–Crippen LogP) is 3.06. The first-order valence-corrected chi connectivity index (χ1v) is 6.41. The number of nitriles is 1. The molecule has 0 heterocycles. The number of thioether (sulfide) groups is 1. The third-order valence-corrected chi connectivity index (χ3v) is 3.45. The summed E-state index contributed by atoms with van der Waals surface area (Å²) in [6, 6.07) is 12.8. The van der Waals surface area contributed by atoms with Gasteiger partial charge in [-0.1, -0.05) is 18.2 Å². The van der Waals surface area contributed by atoms with Crippen LogP contribution in [0.5, 0.6) is 0 Å². The fourth-order valence-electron chi connectivity index (χ4n) is 1.49. The van der Waals surface area contributed by atoms with Crippen LogP contribution in [0.2, 0.25) is 0 Å². The Morgan fingerprint density at radius 1 is 1.38 bits per heavy atom. The summed E-state index contributed by atoms with van der Waals surface area (Å²) in [5.41, 5.74) is -0.464. The molecule has 0 fully saturated rings. The van der Waals surface area contributed by atoms with Crippen LogP contribution in [0.3, 0.4) is 0 Å². The second kappa shape index (κ2) is 5.93. The minimum absolute atomic E-state index is 0.320. The fraction of sp³-hybridized carbons (Fsp3) is 0.462. The Morgan fingerprint density at radius 2 is 2.00 bits per heavy atom. The van der Waals surface area contributed by atoms with Crippen LogP contribution in [-0.4, -0.2) is 17.3 Å². The lowest BCUT2D eigenvalue weighted by Gasteiger charge is -2.25. The predicted molar refractivity (Wildman–Crippen MR) is 69.5 cm³/mol. The van der Waals surface area contributed by atoms with Crippen molar-refractivity contribution in [1.29, 1.82) is 5.26 Å². The van der Waals surface area contributed by atoms with Crippen LogP contribution in [0, 0.1) is 11.3 Å². The smallest absolute Gasteiger partial charge is 0.113 e. The zero-order valence-corrected chi connectivity index (χ0v) is 10.8. The van der Waals surface area contributed by atoms with Crippen LogP contribution in [0.4, 0.5) is 0 Å². The molecule has 3 heteroatoms. The Kier molecular flexibility index (Phi) is 4.85. The van der Waals surface area contributed by atoms with Crippen LogP contribution >= 0.6 is 11.8 Å². The number of nitrogens with zero attached hydrogens (tertiary/aromatic N) is 1. The van der Waals surface area contributed by atoms with E-state index in [2.05, 4.69) is 37.4 Å². The molecule has 0 radical (unpaired) electrons. The van der Waals surface area contributed by atoms with Crippen molar-refractivity contribution in [2.24, 2.45) is 0 Å². The Balaban J connectivity index is 2.56. The zero-order valence-electron chi connectivity index (χ0n) is 10.0. The topological polar surface area (TPSA) is 35.8 Å². The van der Waals surface area contributed by atoms with Crippen LogP contribution < -0.4 is 5.32 Å². The lowest BCUT2D eigenvalue weighted by molar-refractivity contribution is 0.443. The molecule has 16 heavy (non-hydrogen) atoms. The van der Waals surface area contributed by atoms with E-state index in [9.17, 15) is 5.26 Å². The largest absolute Gasteiger partial charge is 0.297 e. The molecule has 0 aromatic heterocycles. The van der Waals surface area contributed by atoms with Gasteiger partial charge in [0.1, 0.15) is 5.54 Å². The van der Waals surface area contributed by atoms with E-state index in [4.69, 9.17) is 0 Å². The first kappa shape index (κ1) is 13.1. The first-order chi connectivity index (χ1) is 7.56. The molecule has 0 saturated heterocycles. The van der Waals surface area contributed by atoms with E-state index in [1.807, 2.05) is 25.1 Å². The second-order valence-electron chi connectivity index (χ2n) is 4.34. The van der Waals surface area contributed by atoms with Gasteiger partial charge >= 0.3 is 0 Å². The van der Waals surface area contributed by atoms with E-state index in [0.717, 1.165) is 5.75 Å². The lowest BCUT2D eigenvalue weighted by Crippen LogP contribution is -2.47. The number of hydrogen-bond donors (Lipinski definition) is 1. The maximum absolute atomic E-state index is 9.19. The van der Waals surface area contributed by atoms with Gasteiger partial charge in [-0.25, -0.2) is 0 Å². The molecule has 1 aromatic carbocycles. The monoisotopic (exact) mass is 234 g/mol. The number of rotatable bonds is 5. The summed E-state index contributed by atoms with van der Waals surface area (Å²) in [7, 11) is 0. The molecule has 0 bridgehead atoms. The summed E-state index contributed by atoms with van der Waals surface area (Å²) in [5, 5.41) is 12.5. The number of nitrogens with one attached hydrogen (secondary N) is 1. The minimum atomic E-state index is -0.464. The van der Waals surface area contributed by atoms with Crippen molar-refractivity contribution in [3.63, 3.8) is 0 Å². The van der Waals surface area contributed by atoms with Crippen molar-refractivity contribution in [2.45, 2.75) is 37.2 Å². The summed E-state index contributed by atoms with van der Waals surface area (Å²) in [6.07, 6.45) is 0. The SMILES string of the molecule is CC(C)NC(C)(C#N)CSc1ccccc1. The van der Waals surface area contributed by atoms with Gasteiger partial charge in [0, 0.05) is 16.7 Å². The molecule has 1 rings (SSSR count). The molecule has 0 amide bonds. The van der Waals surface area contributed by atoms with Crippen molar-refractivity contribution in [1.82, 2.24) is 5.32 Å². The molecule has 0 aliphatic carbocycles. The molecule has 1 aromatic rings. The fourth-order valence-corrected chi connectivity index (χ4v) is 2.44. The zero-order chi connectivity index (χ0) is 12.0. The van der Waals surface area contributed by atoms with E-state index >= 15 is 0 Å². The molecule has 1 unspecified atom stereocenters. The van der Waals surface area contributed by atoms with Gasteiger partial charge in [-0.15, -0.1) is 11.8 Å². The quantitative estimate of drug-likeness (QED) is 0.795. The molecule has 2 nitrogen and oxygen atoms in total. The van der Waals surface area contributed by atoms with Gasteiger partial charge in [0.2, 0.25) is 0 Å². The van der Waals surface area contributed by atoms with Crippen molar-refractivity contribution in [3.8, 4) is 6.07 Å². The van der Waals surface area contributed by atoms with Crippen LogP contribution in [0.1, 0.15) is 20.8 Å². The molecule has 0 spiro atoms. The van der Waals surface area contributed by atoms with Crippen molar-refractivity contribution in [3.05, 3.63) is 30.3 Å². The normalized spacial score (nSPS) is 14.4. The Bertz CT molecular complexity index is 356. The van der Waals surface area contributed by atoms with Gasteiger partial charge in [0.15, 0.2) is 0 Å². The van der Waals surface area contributed by atoms with Crippen molar-refractivity contribution >= 4 is 11.8 Å². The van der Waals surface area contributed by atoms with Gasteiger partial charge in [-0.3, -0.25) is 5.32 Å². The Labute approximate surface area is 102 Å². The highest BCUT2D eigenvalue weighted by molar-refractivity contribution is 7.99. The molecule has 0 aliphatic heterocycles. The summed E-state index contributed by atoms with van der Waals surface area (Å²) in [6.45, 7) is 6.06. The highest BCUT2D eigenvalue weighted by Gasteiger charge is 2.24. The Morgan fingerprint density at radius 3 is 2.50 bits per heavy atom. The maximum atomic E-state index is 9.19. The Hall–Kier alpha value is -0.980. The van der Waals surface area contributed by atoms with E-state index < -0.39 is 5.54 Å². The highest BCUT2D eigenvalue weighted by Crippen LogP contribution is 2.22. The van der Waals surface area contributed by atoms with Crippen LogP contribution in [0.15, 0.2) is 35.2 Å². The summed E-state index contributed by atoms with van der Waals surface area (Å²) < 4.78 is 0. The molecule has 1 N–H and O–H groups in total. The molecular formula is C13H18N2S. The molecular weight excluding hydrogens is 216 g/mol. The van der Waals surface area contributed by atoms with E-state index in [1.54, 1.807) is 11.8 Å². The van der Waals surface area contributed by atoms with Gasteiger partial charge in [0.25, 0.3) is 0 Å². The minimum Gasteiger partial charge on any atom is -0.297 e. The maximum Gasteiger partial charge on any atom is 0.113 e. The van der Waals surface area contributed by atoms with Crippen molar-refractivity contribution < 1.29 is 0 Å². The highest BCUT2D eigenvalue weighted by atomic mass is 32.2. The number of hydrogen-bond acceptors (Lipinski definition) is 3.